The number of aromatic nitrogens is 3. The number of nitriles is 1. The summed E-state index contributed by atoms with van der Waals surface area (Å²) in [6.07, 6.45) is 6.35. The van der Waals surface area contributed by atoms with Gasteiger partial charge in [0.15, 0.2) is 0 Å². The number of aryl methyl sites for hydroxylation is 1. The van der Waals surface area contributed by atoms with E-state index >= 15 is 0 Å². The van der Waals surface area contributed by atoms with Gasteiger partial charge in [-0.25, -0.2) is 4.98 Å². The second-order valence-corrected chi connectivity index (χ2v) is 6.68. The van der Waals surface area contributed by atoms with E-state index in [1.807, 2.05) is 71.4 Å². The minimum atomic E-state index is -0.175. The summed E-state index contributed by atoms with van der Waals surface area (Å²) in [5.74, 6) is 0.757. The molecule has 0 amide bonds. The lowest BCUT2D eigenvalue weighted by Crippen LogP contribution is -2.06. The molecule has 6 heteroatoms. The predicted octanol–water partition coefficient (Wildman–Crippen LogP) is 4.43. The van der Waals surface area contributed by atoms with Crippen molar-refractivity contribution in [3.8, 4) is 6.07 Å². The second-order valence-electron chi connectivity index (χ2n) is 6.68. The van der Waals surface area contributed by atoms with Gasteiger partial charge in [-0.2, -0.15) is 10.2 Å². The Kier molecular flexibility index (Phi) is 5.68. The van der Waals surface area contributed by atoms with E-state index in [1.165, 1.54) is 0 Å². The monoisotopic (exact) mass is 383 g/mol. The van der Waals surface area contributed by atoms with Crippen molar-refractivity contribution < 1.29 is 4.42 Å². The smallest absolute Gasteiger partial charge is 0.232 e. The van der Waals surface area contributed by atoms with Crippen molar-refractivity contribution in [2.75, 3.05) is 11.9 Å². The van der Waals surface area contributed by atoms with Crippen LogP contribution in [0.4, 0.5) is 5.88 Å². The molecule has 0 aliphatic carbocycles. The lowest BCUT2D eigenvalue weighted by atomic mass is 9.91. The quantitative estimate of drug-likeness (QED) is 0.456. The summed E-state index contributed by atoms with van der Waals surface area (Å²) < 4.78 is 8.06. The first-order valence-electron chi connectivity index (χ1n) is 9.55. The fraction of sp³-hybridized carbons (Fsp3) is 0.174. The fourth-order valence-electron chi connectivity index (χ4n) is 3.31. The van der Waals surface area contributed by atoms with Crippen LogP contribution in [0.15, 0.2) is 83.8 Å². The molecule has 0 atom stereocenters. The Morgan fingerprint density at radius 2 is 1.72 bits per heavy atom. The van der Waals surface area contributed by atoms with Crippen molar-refractivity contribution in [1.82, 2.24) is 14.5 Å². The normalized spacial score (nSPS) is 10.8. The van der Waals surface area contributed by atoms with E-state index in [9.17, 15) is 5.26 Å². The van der Waals surface area contributed by atoms with Gasteiger partial charge in [-0.05, 0) is 17.5 Å². The van der Waals surface area contributed by atoms with Crippen LogP contribution < -0.4 is 5.32 Å². The Bertz CT molecular complexity index is 1030. The molecular formula is C23H21N5O. The molecule has 6 nitrogen and oxygen atoms in total. The molecule has 29 heavy (non-hydrogen) atoms. The average molecular weight is 383 g/mol. The molecule has 0 unspecified atom stereocenters. The van der Waals surface area contributed by atoms with Gasteiger partial charge in [0.1, 0.15) is 6.07 Å². The third-order valence-corrected chi connectivity index (χ3v) is 4.70. The Balaban J connectivity index is 1.56. The van der Waals surface area contributed by atoms with Crippen molar-refractivity contribution in [3.63, 3.8) is 0 Å². The highest BCUT2D eigenvalue weighted by molar-refractivity contribution is 5.48. The van der Waals surface area contributed by atoms with E-state index in [2.05, 4.69) is 21.4 Å². The van der Waals surface area contributed by atoms with Crippen LogP contribution in [-0.4, -0.2) is 21.1 Å². The van der Waals surface area contributed by atoms with Crippen LogP contribution >= 0.6 is 0 Å². The number of hydrogen-bond acceptors (Lipinski definition) is 5. The highest BCUT2D eigenvalue weighted by Crippen LogP contribution is 2.33. The Morgan fingerprint density at radius 3 is 2.31 bits per heavy atom. The van der Waals surface area contributed by atoms with Gasteiger partial charge < -0.3 is 14.3 Å². The van der Waals surface area contributed by atoms with Crippen LogP contribution in [0.1, 0.15) is 35.1 Å². The highest BCUT2D eigenvalue weighted by Gasteiger charge is 2.24. The van der Waals surface area contributed by atoms with E-state index in [0.29, 0.717) is 18.3 Å². The second kappa shape index (κ2) is 8.89. The van der Waals surface area contributed by atoms with E-state index in [0.717, 1.165) is 24.1 Å². The van der Waals surface area contributed by atoms with Gasteiger partial charge in [0.2, 0.25) is 17.5 Å². The summed E-state index contributed by atoms with van der Waals surface area (Å²) in [5, 5.41) is 12.8. The SMILES string of the molecule is N#Cc1nc(C(c2ccccc2)c2ccccc2)oc1NCCCn1ccnc1. The van der Waals surface area contributed by atoms with Crippen molar-refractivity contribution in [1.29, 1.82) is 5.26 Å². The molecule has 144 valence electrons. The van der Waals surface area contributed by atoms with Gasteiger partial charge in [-0.15, -0.1) is 0 Å². The zero-order chi connectivity index (χ0) is 19.9. The number of anilines is 1. The number of benzene rings is 2. The van der Waals surface area contributed by atoms with Gasteiger partial charge in [0.05, 0.1) is 12.2 Å². The number of imidazole rings is 1. The molecule has 0 saturated heterocycles. The molecule has 0 fully saturated rings. The van der Waals surface area contributed by atoms with Crippen molar-refractivity contribution in [2.24, 2.45) is 0 Å². The lowest BCUT2D eigenvalue weighted by Gasteiger charge is -2.14. The summed E-state index contributed by atoms with van der Waals surface area (Å²) >= 11 is 0. The van der Waals surface area contributed by atoms with Crippen LogP contribution in [0.2, 0.25) is 0 Å². The minimum Gasteiger partial charge on any atom is -0.423 e. The standard InChI is InChI=1S/C23H21N5O/c24-16-20-22(26-12-7-14-28-15-13-25-17-28)29-23(27-20)21(18-8-3-1-4-9-18)19-10-5-2-6-11-19/h1-6,8-11,13,15,17,21,26H,7,12,14H2. The molecule has 2 aromatic carbocycles. The molecule has 0 aliphatic rings. The molecule has 0 saturated carbocycles. The predicted molar refractivity (Wildman–Crippen MR) is 110 cm³/mol. The third kappa shape index (κ3) is 4.36. The molecule has 0 aliphatic heterocycles. The van der Waals surface area contributed by atoms with Gasteiger partial charge in [0, 0.05) is 25.5 Å². The number of nitrogens with one attached hydrogen (secondary N) is 1. The average Bonchev–Trinajstić information content (AvgIpc) is 3.43. The zero-order valence-electron chi connectivity index (χ0n) is 15.9. The molecule has 0 bridgehead atoms. The first-order valence-corrected chi connectivity index (χ1v) is 9.55. The molecule has 2 aromatic heterocycles. The summed E-state index contributed by atoms with van der Waals surface area (Å²) in [5.41, 5.74) is 2.41. The molecule has 4 rings (SSSR count). The van der Waals surface area contributed by atoms with Crippen molar-refractivity contribution in [3.05, 3.63) is 102 Å². The minimum absolute atomic E-state index is 0.175. The Labute approximate surface area is 169 Å². The highest BCUT2D eigenvalue weighted by atomic mass is 16.4. The molecular weight excluding hydrogens is 362 g/mol. The van der Waals surface area contributed by atoms with Crippen molar-refractivity contribution >= 4 is 5.88 Å². The first-order chi connectivity index (χ1) is 14.3. The van der Waals surface area contributed by atoms with Gasteiger partial charge >= 0.3 is 0 Å². The molecule has 0 radical (unpaired) electrons. The number of nitrogens with zero attached hydrogens (tertiary/aromatic N) is 4. The molecule has 1 N–H and O–H groups in total. The molecule has 0 spiro atoms. The fourth-order valence-corrected chi connectivity index (χ4v) is 3.31. The maximum Gasteiger partial charge on any atom is 0.232 e. The van der Waals surface area contributed by atoms with E-state index in [1.54, 1.807) is 12.5 Å². The van der Waals surface area contributed by atoms with Crippen LogP contribution in [0.3, 0.4) is 0 Å². The summed E-state index contributed by atoms with van der Waals surface area (Å²) in [6.45, 7) is 1.51. The van der Waals surface area contributed by atoms with Crippen LogP contribution in [0.25, 0.3) is 0 Å². The molecule has 4 aromatic rings. The Morgan fingerprint density at radius 1 is 1.03 bits per heavy atom. The summed E-state index contributed by atoms with van der Waals surface area (Å²) in [7, 11) is 0. The topological polar surface area (TPSA) is 79.7 Å². The zero-order valence-corrected chi connectivity index (χ0v) is 15.9. The largest absolute Gasteiger partial charge is 0.423 e. The summed E-state index contributed by atoms with van der Waals surface area (Å²) in [6, 6.07) is 22.3. The van der Waals surface area contributed by atoms with Gasteiger partial charge in [0.25, 0.3) is 0 Å². The first kappa shape index (κ1) is 18.5. The van der Waals surface area contributed by atoms with Crippen LogP contribution in [-0.2, 0) is 6.54 Å². The number of hydrogen-bond donors (Lipinski definition) is 1. The molecule has 2 heterocycles. The maximum atomic E-state index is 9.54. The maximum absolute atomic E-state index is 9.54. The summed E-state index contributed by atoms with van der Waals surface area (Å²) in [4.78, 5) is 8.54. The van der Waals surface area contributed by atoms with Crippen LogP contribution in [0.5, 0.6) is 0 Å². The van der Waals surface area contributed by atoms with Gasteiger partial charge in [-0.3, -0.25) is 0 Å². The number of rotatable bonds is 8. The van der Waals surface area contributed by atoms with Crippen LogP contribution in [0, 0.1) is 11.3 Å². The van der Waals surface area contributed by atoms with Crippen molar-refractivity contribution in [2.45, 2.75) is 18.9 Å². The number of oxazole rings is 1. The van der Waals surface area contributed by atoms with E-state index in [4.69, 9.17) is 4.42 Å². The third-order valence-electron chi connectivity index (χ3n) is 4.70. The lowest BCUT2D eigenvalue weighted by molar-refractivity contribution is 0.497. The van der Waals surface area contributed by atoms with E-state index in [-0.39, 0.29) is 11.6 Å². The Hall–Kier alpha value is -3.85. The van der Waals surface area contributed by atoms with Gasteiger partial charge in [-0.1, -0.05) is 60.7 Å². The van der Waals surface area contributed by atoms with E-state index < -0.39 is 0 Å².